The van der Waals surface area contributed by atoms with E-state index in [1.54, 1.807) is 0 Å². The number of nitrogens with two attached hydrogens (primary N) is 1. The third kappa shape index (κ3) is 2.55. The number of fused-ring (bicyclic) bond motifs is 7. The van der Waals surface area contributed by atoms with Crippen LogP contribution in [0.2, 0.25) is 0 Å². The van der Waals surface area contributed by atoms with Gasteiger partial charge in [0.1, 0.15) is 0 Å². The number of rotatable bonds is 1. The summed E-state index contributed by atoms with van der Waals surface area (Å²) in [6.07, 6.45) is 13.4. The molecule has 0 aromatic carbocycles. The minimum absolute atomic E-state index is 0.0411. The highest BCUT2D eigenvalue weighted by atomic mass is 16.3. The van der Waals surface area contributed by atoms with Crippen molar-refractivity contribution in [2.45, 2.75) is 105 Å². The SMILES string of the molecule is C=C(C)[C@@H]1CC[C@]2(N)CC[C@]3(C)[C@H](CC[C@@H]4[C@@]5(C)CC=C(O)C(C)(C)[C@@H]5CC[C@]43C)[C@@H]12. The fourth-order valence-electron chi connectivity index (χ4n) is 10.8. The summed E-state index contributed by atoms with van der Waals surface area (Å²) in [4.78, 5) is 0. The smallest absolute Gasteiger partial charge is 0.0942 e. The van der Waals surface area contributed by atoms with Gasteiger partial charge in [-0.05, 0) is 117 Å². The molecule has 174 valence electrons. The van der Waals surface area contributed by atoms with Crippen molar-refractivity contribution in [2.75, 3.05) is 0 Å². The van der Waals surface area contributed by atoms with E-state index in [1.165, 1.54) is 56.9 Å². The molecule has 0 heterocycles. The second-order valence-electron chi connectivity index (χ2n) is 13.9. The van der Waals surface area contributed by atoms with Crippen LogP contribution in [0.1, 0.15) is 99.3 Å². The molecule has 31 heavy (non-hydrogen) atoms. The molecule has 0 aromatic rings. The molecule has 0 aliphatic heterocycles. The molecule has 0 radical (unpaired) electrons. The van der Waals surface area contributed by atoms with Crippen LogP contribution in [-0.2, 0) is 0 Å². The van der Waals surface area contributed by atoms with Gasteiger partial charge in [0.15, 0.2) is 0 Å². The average molecular weight is 426 g/mol. The van der Waals surface area contributed by atoms with Crippen LogP contribution in [0.4, 0.5) is 0 Å². The van der Waals surface area contributed by atoms with Crippen LogP contribution in [0.3, 0.4) is 0 Å². The predicted octanol–water partition coefficient (Wildman–Crippen LogP) is 7.41. The Hall–Kier alpha value is -0.760. The second-order valence-corrected chi connectivity index (χ2v) is 13.9. The fourth-order valence-corrected chi connectivity index (χ4v) is 10.8. The van der Waals surface area contributed by atoms with Gasteiger partial charge in [-0.25, -0.2) is 0 Å². The lowest BCUT2D eigenvalue weighted by Gasteiger charge is -2.72. The van der Waals surface area contributed by atoms with Crippen LogP contribution >= 0.6 is 0 Å². The van der Waals surface area contributed by atoms with E-state index in [0.717, 1.165) is 18.3 Å². The highest BCUT2D eigenvalue weighted by molar-refractivity contribution is 5.25. The summed E-state index contributed by atoms with van der Waals surface area (Å²) in [7, 11) is 0. The molecular weight excluding hydrogens is 378 g/mol. The predicted molar refractivity (Wildman–Crippen MR) is 130 cm³/mol. The number of aliphatic hydroxyl groups is 1. The Morgan fingerprint density at radius 3 is 2.32 bits per heavy atom. The molecule has 5 rings (SSSR count). The molecule has 5 aliphatic carbocycles. The van der Waals surface area contributed by atoms with Crippen molar-refractivity contribution in [3.05, 3.63) is 24.0 Å². The highest BCUT2D eigenvalue weighted by Crippen LogP contribution is 2.76. The summed E-state index contributed by atoms with van der Waals surface area (Å²) >= 11 is 0. The fraction of sp³-hybridized carbons (Fsp3) is 0.862. The molecule has 2 nitrogen and oxygen atoms in total. The number of aliphatic hydroxyl groups excluding tert-OH is 1. The first-order valence-corrected chi connectivity index (χ1v) is 13.2. The maximum absolute atomic E-state index is 10.7. The first-order valence-electron chi connectivity index (χ1n) is 13.2. The minimum Gasteiger partial charge on any atom is -0.512 e. The van der Waals surface area contributed by atoms with Gasteiger partial charge in [0.2, 0.25) is 0 Å². The molecule has 0 amide bonds. The summed E-state index contributed by atoms with van der Waals surface area (Å²) in [5.41, 5.74) is 9.51. The van der Waals surface area contributed by atoms with Gasteiger partial charge < -0.3 is 10.8 Å². The molecular formula is C29H47NO. The molecule has 2 heteroatoms. The van der Waals surface area contributed by atoms with E-state index in [-0.39, 0.29) is 16.4 Å². The lowest BCUT2D eigenvalue weighted by Crippen LogP contribution is -2.67. The van der Waals surface area contributed by atoms with Crippen molar-refractivity contribution in [3.8, 4) is 0 Å². The Labute approximate surface area is 191 Å². The molecule has 0 bridgehead atoms. The summed E-state index contributed by atoms with van der Waals surface area (Å²) in [5.74, 6) is 3.93. The molecule has 5 aliphatic rings. The number of hydrogen-bond acceptors (Lipinski definition) is 2. The van der Waals surface area contributed by atoms with Gasteiger partial charge in [-0.15, -0.1) is 0 Å². The van der Waals surface area contributed by atoms with Crippen molar-refractivity contribution >= 4 is 0 Å². The van der Waals surface area contributed by atoms with Gasteiger partial charge in [-0.1, -0.05) is 46.8 Å². The molecule has 0 aromatic heterocycles. The molecule has 0 saturated heterocycles. The molecule has 4 saturated carbocycles. The summed E-state index contributed by atoms with van der Waals surface area (Å²) in [5, 5.41) is 10.7. The molecule has 3 N–H and O–H groups in total. The van der Waals surface area contributed by atoms with Crippen LogP contribution < -0.4 is 5.73 Å². The molecule has 0 unspecified atom stereocenters. The van der Waals surface area contributed by atoms with Crippen LogP contribution in [-0.4, -0.2) is 10.6 Å². The number of hydrogen-bond donors (Lipinski definition) is 2. The molecule has 9 atom stereocenters. The van der Waals surface area contributed by atoms with Gasteiger partial charge in [0.25, 0.3) is 0 Å². The molecule has 0 spiro atoms. The Morgan fingerprint density at radius 2 is 1.65 bits per heavy atom. The summed E-state index contributed by atoms with van der Waals surface area (Å²) in [6, 6.07) is 0. The van der Waals surface area contributed by atoms with Gasteiger partial charge in [0.05, 0.1) is 5.76 Å². The first-order chi connectivity index (χ1) is 14.3. The van der Waals surface area contributed by atoms with Gasteiger partial charge in [0, 0.05) is 11.0 Å². The maximum atomic E-state index is 10.7. The average Bonchev–Trinajstić information content (AvgIpc) is 3.04. The van der Waals surface area contributed by atoms with Crippen molar-refractivity contribution in [1.29, 1.82) is 0 Å². The Bertz CT molecular complexity index is 827. The van der Waals surface area contributed by atoms with Crippen LogP contribution in [0.5, 0.6) is 0 Å². The second kappa shape index (κ2) is 6.43. The van der Waals surface area contributed by atoms with Crippen molar-refractivity contribution < 1.29 is 5.11 Å². The zero-order valence-electron chi connectivity index (χ0n) is 21.1. The topological polar surface area (TPSA) is 46.2 Å². The van der Waals surface area contributed by atoms with Crippen LogP contribution in [0, 0.1) is 51.2 Å². The van der Waals surface area contributed by atoms with E-state index in [1.807, 2.05) is 0 Å². The Morgan fingerprint density at radius 1 is 0.935 bits per heavy atom. The van der Waals surface area contributed by atoms with Crippen LogP contribution in [0.15, 0.2) is 24.0 Å². The summed E-state index contributed by atoms with van der Waals surface area (Å²) in [6.45, 7) is 19.2. The first kappa shape index (κ1) is 22.1. The third-order valence-corrected chi connectivity index (χ3v) is 12.7. The van der Waals surface area contributed by atoms with Crippen molar-refractivity contribution in [1.82, 2.24) is 0 Å². The van der Waals surface area contributed by atoms with Gasteiger partial charge in [-0.3, -0.25) is 0 Å². The standard InChI is InChI=1S/C29H47NO/c1-18(2)19-10-15-29(30)17-16-27(6)20(24(19)29)8-9-22-26(5)13-12-23(31)25(3,4)21(26)11-14-28(22,27)7/h12,19-22,24,31H,1,8-11,13-17,30H2,2-7H3/t19-,20+,21-,22+,24+,26-,27+,28+,29-/m0/s1. The van der Waals surface area contributed by atoms with Crippen LogP contribution in [0.25, 0.3) is 0 Å². The lowest BCUT2D eigenvalue weighted by molar-refractivity contribution is -0.221. The third-order valence-electron chi connectivity index (χ3n) is 12.7. The van der Waals surface area contributed by atoms with Crippen molar-refractivity contribution in [2.24, 2.45) is 57.0 Å². The maximum Gasteiger partial charge on any atom is 0.0942 e. The largest absolute Gasteiger partial charge is 0.512 e. The Balaban J connectivity index is 1.56. The van der Waals surface area contributed by atoms with E-state index >= 15 is 0 Å². The number of allylic oxidation sites excluding steroid dienone is 3. The van der Waals surface area contributed by atoms with E-state index < -0.39 is 0 Å². The zero-order valence-corrected chi connectivity index (χ0v) is 21.1. The zero-order chi connectivity index (χ0) is 22.6. The van der Waals surface area contributed by atoms with E-state index in [0.29, 0.717) is 34.3 Å². The minimum atomic E-state index is -0.0957. The van der Waals surface area contributed by atoms with Crippen molar-refractivity contribution in [3.63, 3.8) is 0 Å². The normalized spacial score (nSPS) is 55.3. The Kier molecular flexibility index (Phi) is 4.57. The molecule has 4 fully saturated rings. The van der Waals surface area contributed by atoms with Gasteiger partial charge in [-0.2, -0.15) is 0 Å². The van der Waals surface area contributed by atoms with E-state index in [4.69, 9.17) is 5.73 Å². The summed E-state index contributed by atoms with van der Waals surface area (Å²) < 4.78 is 0. The van der Waals surface area contributed by atoms with E-state index in [9.17, 15) is 5.11 Å². The quantitative estimate of drug-likeness (QED) is 0.430. The van der Waals surface area contributed by atoms with Gasteiger partial charge >= 0.3 is 0 Å². The lowest BCUT2D eigenvalue weighted by atomic mass is 9.33. The monoisotopic (exact) mass is 425 g/mol. The highest BCUT2D eigenvalue weighted by Gasteiger charge is 2.70. The van der Waals surface area contributed by atoms with E-state index in [2.05, 4.69) is 54.2 Å².